The molecule has 0 amide bonds. The van der Waals surface area contributed by atoms with Crippen molar-refractivity contribution in [3.63, 3.8) is 0 Å². The molecule has 1 aliphatic rings. The highest BCUT2D eigenvalue weighted by molar-refractivity contribution is 7.92. The molecule has 1 fully saturated rings. The van der Waals surface area contributed by atoms with Gasteiger partial charge in [0.05, 0.1) is 5.75 Å². The lowest BCUT2D eigenvalue weighted by Crippen LogP contribution is -2.41. The first-order chi connectivity index (χ1) is 9.78. The SMILES string of the molecule is O=S(=O)(CCN1CCCC(Cn2cncn2)C1)C(F)(F)F. The van der Waals surface area contributed by atoms with E-state index in [0.29, 0.717) is 19.6 Å². The van der Waals surface area contributed by atoms with E-state index in [2.05, 4.69) is 10.1 Å². The van der Waals surface area contributed by atoms with Crippen molar-refractivity contribution in [2.45, 2.75) is 24.9 Å². The Morgan fingerprint density at radius 3 is 2.71 bits per heavy atom. The van der Waals surface area contributed by atoms with E-state index in [1.165, 1.54) is 6.33 Å². The van der Waals surface area contributed by atoms with Gasteiger partial charge in [0.15, 0.2) is 0 Å². The van der Waals surface area contributed by atoms with Crippen molar-refractivity contribution < 1.29 is 21.6 Å². The molecule has 0 aliphatic carbocycles. The fourth-order valence-corrected chi connectivity index (χ4v) is 3.19. The third-order valence-corrected chi connectivity index (χ3v) is 4.97. The van der Waals surface area contributed by atoms with E-state index in [0.717, 1.165) is 12.8 Å². The van der Waals surface area contributed by atoms with Crippen LogP contribution in [0.25, 0.3) is 0 Å². The average Bonchev–Trinajstić information content (AvgIpc) is 2.88. The highest BCUT2D eigenvalue weighted by Gasteiger charge is 2.45. The maximum Gasteiger partial charge on any atom is 0.497 e. The van der Waals surface area contributed by atoms with Crippen LogP contribution < -0.4 is 0 Å². The summed E-state index contributed by atoms with van der Waals surface area (Å²) in [5.41, 5.74) is -5.16. The van der Waals surface area contributed by atoms with Crippen LogP contribution in [-0.4, -0.2) is 59.0 Å². The summed E-state index contributed by atoms with van der Waals surface area (Å²) in [5.74, 6) is -0.638. The van der Waals surface area contributed by atoms with Crippen molar-refractivity contribution in [3.05, 3.63) is 12.7 Å². The Morgan fingerprint density at radius 2 is 2.10 bits per heavy atom. The van der Waals surface area contributed by atoms with Gasteiger partial charge >= 0.3 is 5.51 Å². The highest BCUT2D eigenvalue weighted by atomic mass is 32.2. The maximum absolute atomic E-state index is 12.3. The Labute approximate surface area is 120 Å². The molecule has 10 heteroatoms. The van der Waals surface area contributed by atoms with Gasteiger partial charge in [0.2, 0.25) is 9.84 Å². The summed E-state index contributed by atoms with van der Waals surface area (Å²) in [5, 5.41) is 4.00. The molecule has 0 spiro atoms. The molecule has 0 saturated carbocycles. The van der Waals surface area contributed by atoms with E-state index in [-0.39, 0.29) is 12.5 Å². The molecule has 2 heterocycles. The summed E-state index contributed by atoms with van der Waals surface area (Å²) in [4.78, 5) is 5.61. The van der Waals surface area contributed by atoms with Gasteiger partial charge in [-0.2, -0.15) is 18.3 Å². The summed E-state index contributed by atoms with van der Waals surface area (Å²) in [6, 6.07) is 0. The van der Waals surface area contributed by atoms with Gasteiger partial charge in [-0.1, -0.05) is 0 Å². The van der Waals surface area contributed by atoms with E-state index >= 15 is 0 Å². The first-order valence-corrected chi connectivity index (χ1v) is 8.27. The van der Waals surface area contributed by atoms with Crippen molar-refractivity contribution in [1.82, 2.24) is 19.7 Å². The van der Waals surface area contributed by atoms with E-state index in [1.54, 1.807) is 15.9 Å². The molecule has 0 radical (unpaired) electrons. The van der Waals surface area contributed by atoms with Crippen molar-refractivity contribution >= 4 is 9.84 Å². The van der Waals surface area contributed by atoms with Crippen LogP contribution in [0.3, 0.4) is 0 Å². The number of piperidine rings is 1. The molecular formula is C11H17F3N4O2S. The monoisotopic (exact) mass is 326 g/mol. The summed E-state index contributed by atoms with van der Waals surface area (Å²) in [6.07, 6.45) is 4.80. The molecule has 1 saturated heterocycles. The Morgan fingerprint density at radius 1 is 1.33 bits per heavy atom. The summed E-state index contributed by atoms with van der Waals surface area (Å²) in [7, 11) is -5.03. The van der Waals surface area contributed by atoms with Gasteiger partial charge in [0.1, 0.15) is 12.7 Å². The van der Waals surface area contributed by atoms with Gasteiger partial charge in [-0.3, -0.25) is 4.68 Å². The zero-order valence-corrected chi connectivity index (χ0v) is 12.1. The van der Waals surface area contributed by atoms with Crippen molar-refractivity contribution in [3.8, 4) is 0 Å². The molecule has 120 valence electrons. The standard InChI is InChI=1S/C11H17F3N4O2S/c12-11(13,14)21(19,20)5-4-17-3-1-2-10(6-17)7-18-9-15-8-16-18/h8-10H,1-7H2. The molecule has 2 rings (SSSR count). The zero-order valence-electron chi connectivity index (χ0n) is 11.3. The van der Waals surface area contributed by atoms with Crippen LogP contribution in [0.1, 0.15) is 12.8 Å². The van der Waals surface area contributed by atoms with Crippen LogP contribution in [0.4, 0.5) is 13.2 Å². The number of rotatable bonds is 5. The first-order valence-electron chi connectivity index (χ1n) is 6.62. The van der Waals surface area contributed by atoms with Gasteiger partial charge < -0.3 is 4.90 Å². The summed E-state index contributed by atoms with van der Waals surface area (Å²) < 4.78 is 60.7. The Hall–Kier alpha value is -1.16. The minimum absolute atomic E-state index is 0.0876. The lowest BCUT2D eigenvalue weighted by molar-refractivity contribution is -0.0437. The third kappa shape index (κ3) is 4.40. The Kier molecular flexibility index (Phi) is 4.87. The normalized spacial score (nSPS) is 21.6. The molecule has 0 aromatic carbocycles. The number of aromatic nitrogens is 3. The van der Waals surface area contributed by atoms with Crippen LogP contribution in [0.2, 0.25) is 0 Å². The molecule has 0 bridgehead atoms. The molecule has 21 heavy (non-hydrogen) atoms. The van der Waals surface area contributed by atoms with Gasteiger partial charge in [-0.05, 0) is 25.3 Å². The highest BCUT2D eigenvalue weighted by Crippen LogP contribution is 2.24. The number of nitrogens with zero attached hydrogens (tertiary/aromatic N) is 4. The van der Waals surface area contributed by atoms with E-state index < -0.39 is 21.1 Å². The number of likely N-dealkylation sites (tertiary alicyclic amines) is 1. The summed E-state index contributed by atoms with van der Waals surface area (Å²) >= 11 is 0. The van der Waals surface area contributed by atoms with Crippen LogP contribution >= 0.6 is 0 Å². The minimum atomic E-state index is -5.16. The first kappa shape index (κ1) is 16.2. The van der Waals surface area contributed by atoms with Crippen LogP contribution in [0, 0.1) is 5.92 Å². The van der Waals surface area contributed by atoms with Gasteiger partial charge in [0.25, 0.3) is 0 Å². The zero-order chi connectivity index (χ0) is 15.5. The number of halogens is 3. The van der Waals surface area contributed by atoms with Gasteiger partial charge in [-0.25, -0.2) is 13.4 Å². The number of hydrogen-bond donors (Lipinski definition) is 0. The third-order valence-electron chi connectivity index (χ3n) is 3.54. The fourth-order valence-electron chi connectivity index (χ4n) is 2.46. The number of hydrogen-bond acceptors (Lipinski definition) is 5. The molecule has 1 aromatic rings. The predicted molar refractivity (Wildman–Crippen MR) is 69.0 cm³/mol. The Balaban J connectivity index is 1.84. The molecule has 6 nitrogen and oxygen atoms in total. The van der Waals surface area contributed by atoms with Crippen molar-refractivity contribution in [1.29, 1.82) is 0 Å². The van der Waals surface area contributed by atoms with Crippen molar-refractivity contribution in [2.75, 3.05) is 25.4 Å². The molecule has 1 atom stereocenters. The largest absolute Gasteiger partial charge is 0.497 e. The smallest absolute Gasteiger partial charge is 0.302 e. The van der Waals surface area contributed by atoms with Gasteiger partial charge in [0, 0.05) is 19.6 Å². The van der Waals surface area contributed by atoms with Crippen LogP contribution in [0.5, 0.6) is 0 Å². The summed E-state index contributed by atoms with van der Waals surface area (Å²) in [6.45, 7) is 1.76. The maximum atomic E-state index is 12.3. The van der Waals surface area contributed by atoms with E-state index in [9.17, 15) is 21.6 Å². The fraction of sp³-hybridized carbons (Fsp3) is 0.818. The molecule has 1 aliphatic heterocycles. The second-order valence-corrected chi connectivity index (χ2v) is 7.29. The van der Waals surface area contributed by atoms with Crippen molar-refractivity contribution in [2.24, 2.45) is 5.92 Å². The average molecular weight is 326 g/mol. The Bertz CT molecular complexity index is 544. The topological polar surface area (TPSA) is 68.1 Å². The van der Waals surface area contributed by atoms with E-state index in [1.807, 2.05) is 0 Å². The molecular weight excluding hydrogens is 309 g/mol. The molecule has 1 aromatic heterocycles. The van der Waals surface area contributed by atoms with E-state index in [4.69, 9.17) is 0 Å². The van der Waals surface area contributed by atoms with Gasteiger partial charge in [-0.15, -0.1) is 0 Å². The van der Waals surface area contributed by atoms with Crippen LogP contribution in [-0.2, 0) is 16.4 Å². The second-order valence-electron chi connectivity index (χ2n) is 5.19. The second kappa shape index (κ2) is 6.30. The quantitative estimate of drug-likeness (QED) is 0.805. The number of sulfone groups is 1. The molecule has 0 N–H and O–H groups in total. The number of alkyl halides is 3. The molecule has 1 unspecified atom stereocenters. The van der Waals surface area contributed by atoms with Crippen LogP contribution in [0.15, 0.2) is 12.7 Å². The lowest BCUT2D eigenvalue weighted by atomic mass is 9.98. The predicted octanol–water partition coefficient (Wildman–Crippen LogP) is 0.925. The minimum Gasteiger partial charge on any atom is -0.302 e. The lowest BCUT2D eigenvalue weighted by Gasteiger charge is -2.32.